The minimum Gasteiger partial charge on any atom is -0.227 e. The molecule has 1 heterocycles. The summed E-state index contributed by atoms with van der Waals surface area (Å²) in [6.07, 6.45) is 0. The van der Waals surface area contributed by atoms with Crippen LogP contribution in [-0.2, 0) is 0 Å². The van der Waals surface area contributed by atoms with Crippen LogP contribution in [-0.4, -0.2) is 9.97 Å². The number of nitrogens with zero attached hydrogens (tertiary/aromatic N) is 2. The number of aromatic nitrogens is 2. The van der Waals surface area contributed by atoms with Crippen LogP contribution >= 0.6 is 0 Å². The largest absolute Gasteiger partial charge is 0.227 e. The van der Waals surface area contributed by atoms with Gasteiger partial charge in [-0.15, -0.1) is 0 Å². The topological polar surface area (TPSA) is 25.8 Å². The van der Waals surface area contributed by atoms with Gasteiger partial charge in [0.1, 0.15) is 0 Å². The average molecular weight is 839 g/mol. The summed E-state index contributed by atoms with van der Waals surface area (Å²) in [6, 6.07) is 91.5. The van der Waals surface area contributed by atoms with Crippen LogP contribution in [0.25, 0.3) is 122 Å². The van der Waals surface area contributed by atoms with Gasteiger partial charge in [0.2, 0.25) is 0 Å². The van der Waals surface area contributed by atoms with Gasteiger partial charge in [-0.1, -0.05) is 212 Å². The van der Waals surface area contributed by atoms with Gasteiger partial charge in [0.05, 0.1) is 11.2 Å². The first-order valence-corrected chi connectivity index (χ1v) is 22.5. The maximum absolute atomic E-state index is 5.38. The van der Waals surface area contributed by atoms with E-state index in [1.807, 2.05) is 0 Å². The Labute approximate surface area is 384 Å². The lowest BCUT2D eigenvalue weighted by molar-refractivity contribution is 1.23. The molecule has 1 aromatic heterocycles. The van der Waals surface area contributed by atoms with E-state index < -0.39 is 0 Å². The van der Waals surface area contributed by atoms with E-state index in [0.717, 1.165) is 60.8 Å². The summed E-state index contributed by atoms with van der Waals surface area (Å²) in [5.41, 5.74) is 18.0. The number of fused-ring (bicyclic) bond motifs is 4. The van der Waals surface area contributed by atoms with Crippen LogP contribution < -0.4 is 0 Å². The Morgan fingerprint density at radius 1 is 0.197 bits per heavy atom. The highest BCUT2D eigenvalue weighted by Gasteiger charge is 2.16. The van der Waals surface area contributed by atoms with E-state index >= 15 is 0 Å². The molecule has 0 aliphatic rings. The molecule has 2 heteroatoms. The average Bonchev–Trinajstić information content (AvgIpc) is 3.41. The molecule has 0 N–H and O–H groups in total. The van der Waals surface area contributed by atoms with Crippen molar-refractivity contribution in [2.24, 2.45) is 0 Å². The maximum Gasteiger partial charge on any atom is 0.160 e. The van der Waals surface area contributed by atoms with Crippen molar-refractivity contribution in [1.29, 1.82) is 0 Å². The molecule has 0 saturated carbocycles. The van der Waals surface area contributed by atoms with E-state index in [0.29, 0.717) is 5.82 Å². The summed E-state index contributed by atoms with van der Waals surface area (Å²) >= 11 is 0. The van der Waals surface area contributed by atoms with Gasteiger partial charge in [0.25, 0.3) is 0 Å². The Morgan fingerprint density at radius 2 is 0.576 bits per heavy atom. The lowest BCUT2D eigenvalue weighted by Crippen LogP contribution is -1.96. The molecule has 12 aromatic rings. The van der Waals surface area contributed by atoms with Gasteiger partial charge in [-0.3, -0.25) is 0 Å². The van der Waals surface area contributed by atoms with Crippen molar-refractivity contribution in [2.75, 3.05) is 0 Å². The summed E-state index contributed by atoms with van der Waals surface area (Å²) in [6.45, 7) is 0. The highest BCUT2D eigenvalue weighted by molar-refractivity contribution is 6.10. The molecule has 0 atom stereocenters. The van der Waals surface area contributed by atoms with Crippen molar-refractivity contribution in [3.8, 4) is 89.4 Å². The van der Waals surface area contributed by atoms with Gasteiger partial charge < -0.3 is 0 Å². The van der Waals surface area contributed by atoms with Gasteiger partial charge in [0.15, 0.2) is 5.82 Å². The zero-order chi connectivity index (χ0) is 43.8. The molecule has 0 saturated heterocycles. The molecule has 0 bridgehead atoms. The normalized spacial score (nSPS) is 11.3. The van der Waals surface area contributed by atoms with Crippen LogP contribution in [0.4, 0.5) is 0 Å². The summed E-state index contributed by atoms with van der Waals surface area (Å²) in [5, 5.41) is 5.79. The lowest BCUT2D eigenvalue weighted by atomic mass is 9.94. The smallest absolute Gasteiger partial charge is 0.160 e. The van der Waals surface area contributed by atoms with Gasteiger partial charge in [0, 0.05) is 21.9 Å². The molecule has 0 aliphatic carbocycles. The highest BCUT2D eigenvalue weighted by Crippen LogP contribution is 2.37. The fourth-order valence-electron chi connectivity index (χ4n) is 9.38. The zero-order valence-corrected chi connectivity index (χ0v) is 36.1. The molecule has 11 aromatic carbocycles. The summed E-state index contributed by atoms with van der Waals surface area (Å²) in [4.78, 5) is 10.7. The standard InChI is InChI=1S/C64H42N2/c1-2-13-43(14-3-1)49-18-8-20-51(37-49)52-21-9-19-50(38-52)45-29-32-47(33-30-45)64-65-62(61-36-35-46-16-6-7-28-60(46)63(61)66-64)59-27-12-26-57(42-59)55-24-10-22-53(40-55)54-23-11-25-56(41-54)58-34-31-44-15-4-5-17-48(44)39-58/h1-42H. The molecule has 66 heavy (non-hydrogen) atoms. The predicted molar refractivity (Wildman–Crippen MR) is 278 cm³/mol. The third kappa shape index (κ3) is 7.51. The van der Waals surface area contributed by atoms with Crippen LogP contribution in [0, 0.1) is 0 Å². The quantitative estimate of drug-likeness (QED) is 0.143. The Bertz CT molecular complexity index is 3760. The molecule has 0 amide bonds. The number of benzene rings is 11. The van der Waals surface area contributed by atoms with Gasteiger partial charge in [-0.05, 0) is 125 Å². The van der Waals surface area contributed by atoms with Crippen LogP contribution in [0.3, 0.4) is 0 Å². The van der Waals surface area contributed by atoms with Crippen molar-refractivity contribution in [3.05, 3.63) is 255 Å². The Balaban J connectivity index is 0.889. The molecule has 12 rings (SSSR count). The minimum atomic E-state index is 0.700. The highest BCUT2D eigenvalue weighted by atomic mass is 14.9. The second-order valence-electron chi connectivity index (χ2n) is 17.0. The van der Waals surface area contributed by atoms with E-state index in [9.17, 15) is 0 Å². The summed E-state index contributed by atoms with van der Waals surface area (Å²) in [5.74, 6) is 0.700. The van der Waals surface area contributed by atoms with Crippen LogP contribution in [0.1, 0.15) is 0 Å². The Morgan fingerprint density at radius 3 is 1.15 bits per heavy atom. The molecular formula is C64H42N2. The molecule has 0 aliphatic heterocycles. The van der Waals surface area contributed by atoms with Crippen LogP contribution in [0.2, 0.25) is 0 Å². The first-order chi connectivity index (χ1) is 32.7. The van der Waals surface area contributed by atoms with Crippen molar-refractivity contribution in [1.82, 2.24) is 9.97 Å². The molecule has 0 unspecified atom stereocenters. The molecule has 0 radical (unpaired) electrons. The molecule has 308 valence electrons. The Hall–Kier alpha value is -8.72. The number of rotatable bonds is 8. The number of hydrogen-bond acceptors (Lipinski definition) is 2. The second-order valence-corrected chi connectivity index (χ2v) is 17.0. The van der Waals surface area contributed by atoms with E-state index in [1.165, 1.54) is 55.3 Å². The number of hydrogen-bond donors (Lipinski definition) is 0. The molecule has 0 spiro atoms. The van der Waals surface area contributed by atoms with Crippen LogP contribution in [0.15, 0.2) is 255 Å². The van der Waals surface area contributed by atoms with Crippen molar-refractivity contribution < 1.29 is 0 Å². The van der Waals surface area contributed by atoms with Crippen molar-refractivity contribution >= 4 is 32.4 Å². The molecule has 0 fully saturated rings. The lowest BCUT2D eigenvalue weighted by Gasteiger charge is -2.13. The fraction of sp³-hybridized carbons (Fsp3) is 0. The third-order valence-electron chi connectivity index (χ3n) is 12.8. The van der Waals surface area contributed by atoms with Crippen molar-refractivity contribution in [2.45, 2.75) is 0 Å². The van der Waals surface area contributed by atoms with Crippen molar-refractivity contribution in [3.63, 3.8) is 0 Å². The second kappa shape index (κ2) is 16.8. The SMILES string of the molecule is c1ccc(-c2cccc(-c3cccc(-c4ccc(-c5nc(-c6cccc(-c7cccc(-c8cccc(-c9ccc%10ccccc%10c9)c8)c7)c6)c6ccc7ccccc7c6n5)cc4)c3)c2)cc1. The monoisotopic (exact) mass is 838 g/mol. The van der Waals surface area contributed by atoms with Gasteiger partial charge in [-0.25, -0.2) is 9.97 Å². The minimum absolute atomic E-state index is 0.700. The predicted octanol–water partition coefficient (Wildman–Crippen LogP) is 17.3. The first kappa shape index (κ1) is 38.9. The van der Waals surface area contributed by atoms with Gasteiger partial charge >= 0.3 is 0 Å². The molecular weight excluding hydrogens is 797 g/mol. The fourth-order valence-corrected chi connectivity index (χ4v) is 9.38. The van der Waals surface area contributed by atoms with E-state index in [2.05, 4.69) is 255 Å². The molecule has 2 nitrogen and oxygen atoms in total. The zero-order valence-electron chi connectivity index (χ0n) is 36.1. The summed E-state index contributed by atoms with van der Waals surface area (Å²) < 4.78 is 0. The van der Waals surface area contributed by atoms with E-state index in [1.54, 1.807) is 0 Å². The van der Waals surface area contributed by atoms with Gasteiger partial charge in [-0.2, -0.15) is 0 Å². The maximum atomic E-state index is 5.38. The Kier molecular flexibility index (Phi) is 9.89. The van der Waals surface area contributed by atoms with E-state index in [-0.39, 0.29) is 0 Å². The first-order valence-electron chi connectivity index (χ1n) is 22.5. The summed E-state index contributed by atoms with van der Waals surface area (Å²) in [7, 11) is 0. The van der Waals surface area contributed by atoms with E-state index in [4.69, 9.17) is 9.97 Å². The third-order valence-corrected chi connectivity index (χ3v) is 12.8. The van der Waals surface area contributed by atoms with Crippen LogP contribution in [0.5, 0.6) is 0 Å².